The van der Waals surface area contributed by atoms with Gasteiger partial charge in [-0.05, 0) is 68.9 Å². The van der Waals surface area contributed by atoms with Crippen LogP contribution >= 0.6 is 0 Å². The summed E-state index contributed by atoms with van der Waals surface area (Å²) in [6, 6.07) is 8.43. The Morgan fingerprint density at radius 3 is 2.39 bits per heavy atom. The Labute approximate surface area is 353 Å². The van der Waals surface area contributed by atoms with Crippen LogP contribution < -0.4 is 40.5 Å². The summed E-state index contributed by atoms with van der Waals surface area (Å²) >= 11 is 0. The number of nitrogens with zero attached hydrogens (tertiary/aromatic N) is 5. The molecule has 3 aromatic rings. The largest absolute Gasteiger partial charge is 0.495 e. The number of piperidine rings is 1. The summed E-state index contributed by atoms with van der Waals surface area (Å²) in [6.45, 7) is 2.50. The SMILES string of the molecule is CCC1C(=O)N(C)c2cnc(Nc3ccc(C(=O)NCCCCCCNC(=O)COc4cccc5c4C(=O)N(C4CCC(=O)NC4=O)C5=O)cc3OC)nc2N1C1CCCC1. The van der Waals surface area contributed by atoms with E-state index in [-0.39, 0.29) is 60.2 Å². The molecule has 18 nitrogen and oxygen atoms in total. The monoisotopic (exact) mass is 837 g/mol. The summed E-state index contributed by atoms with van der Waals surface area (Å²) in [5.41, 5.74) is 1.74. The highest BCUT2D eigenvalue weighted by molar-refractivity contribution is 6.24. The van der Waals surface area contributed by atoms with E-state index in [2.05, 4.69) is 31.2 Å². The molecule has 0 radical (unpaired) electrons. The molecule has 0 bridgehead atoms. The molecule has 3 aliphatic heterocycles. The van der Waals surface area contributed by atoms with Gasteiger partial charge in [0.05, 0.1) is 30.1 Å². The van der Waals surface area contributed by atoms with Crippen LogP contribution in [-0.4, -0.2) is 108 Å². The fraction of sp³-hybridized carbons (Fsp3) is 0.465. The Bertz CT molecular complexity index is 2230. The number of ether oxygens (including phenoxy) is 2. The first kappa shape index (κ1) is 42.5. The van der Waals surface area contributed by atoms with E-state index in [0.717, 1.165) is 55.7 Å². The van der Waals surface area contributed by atoms with Crippen LogP contribution in [0.2, 0.25) is 0 Å². The van der Waals surface area contributed by atoms with Crippen LogP contribution in [0.1, 0.15) is 109 Å². The van der Waals surface area contributed by atoms with Crippen molar-refractivity contribution >= 4 is 64.5 Å². The van der Waals surface area contributed by atoms with Crippen LogP contribution in [0.5, 0.6) is 11.5 Å². The number of carbonyl (C=O) groups excluding carboxylic acids is 7. The predicted molar refractivity (Wildman–Crippen MR) is 223 cm³/mol. The third-order valence-corrected chi connectivity index (χ3v) is 11.6. The zero-order valence-electron chi connectivity index (χ0n) is 34.6. The van der Waals surface area contributed by atoms with Gasteiger partial charge in [0.2, 0.25) is 23.7 Å². The third kappa shape index (κ3) is 8.98. The molecule has 2 unspecified atom stereocenters. The normalized spacial score (nSPS) is 18.8. The van der Waals surface area contributed by atoms with Gasteiger partial charge in [-0.2, -0.15) is 4.98 Å². The zero-order chi connectivity index (χ0) is 43.2. The number of methoxy groups -OCH3 is 1. The van der Waals surface area contributed by atoms with Gasteiger partial charge >= 0.3 is 0 Å². The van der Waals surface area contributed by atoms with Crippen molar-refractivity contribution in [2.45, 2.75) is 95.7 Å². The highest BCUT2D eigenvalue weighted by Crippen LogP contribution is 2.40. The van der Waals surface area contributed by atoms with Crippen LogP contribution in [-0.2, 0) is 19.2 Å². The number of likely N-dealkylation sites (N-methyl/N-ethyl adjacent to an activating group) is 1. The van der Waals surface area contributed by atoms with E-state index < -0.39 is 35.6 Å². The van der Waals surface area contributed by atoms with Gasteiger partial charge in [0.15, 0.2) is 12.4 Å². The number of imide groups is 2. The number of nitrogens with one attached hydrogen (secondary N) is 4. The topological polar surface area (TPSA) is 222 Å². The standard InChI is InChI=1S/C43H51N9O9/c1-4-29-41(58)50(2)31-23-46-43(49-37(31)51(29)26-12-7-8-13-26)47-28-17-16-25(22-33(28)60-3)38(55)45-21-10-6-5-9-20-44-35(54)24-61-32-15-11-14-27-36(32)42(59)52(40(27)57)30-18-19-34(53)48-39(30)56/h11,14-17,22-23,26,29-30H,4-10,12-13,18-21,24H2,1-3H3,(H,44,54)(H,45,55)(H,46,47,49)(H,48,53,56). The lowest BCUT2D eigenvalue weighted by atomic mass is 10.0. The van der Waals surface area contributed by atoms with Gasteiger partial charge in [-0.1, -0.05) is 38.7 Å². The zero-order valence-corrected chi connectivity index (χ0v) is 34.6. The molecule has 4 N–H and O–H groups in total. The number of hydrogen-bond donors (Lipinski definition) is 4. The number of carbonyl (C=O) groups is 7. The van der Waals surface area contributed by atoms with Gasteiger partial charge < -0.3 is 35.2 Å². The van der Waals surface area contributed by atoms with E-state index >= 15 is 0 Å². The Morgan fingerprint density at radius 2 is 1.67 bits per heavy atom. The number of fused-ring (bicyclic) bond motifs is 2. The van der Waals surface area contributed by atoms with Crippen molar-refractivity contribution in [2.75, 3.05) is 49.0 Å². The number of benzene rings is 2. The fourth-order valence-electron chi connectivity index (χ4n) is 8.43. The van der Waals surface area contributed by atoms with E-state index in [0.29, 0.717) is 54.6 Å². The molecule has 18 heteroatoms. The van der Waals surface area contributed by atoms with Crippen molar-refractivity contribution < 1.29 is 43.0 Å². The summed E-state index contributed by atoms with van der Waals surface area (Å²) in [4.78, 5) is 103. The number of rotatable bonds is 17. The molecule has 4 aliphatic rings. The second-order valence-electron chi connectivity index (χ2n) is 15.5. The van der Waals surface area contributed by atoms with Gasteiger partial charge in [0.25, 0.3) is 23.6 Å². The minimum Gasteiger partial charge on any atom is -0.495 e. The van der Waals surface area contributed by atoms with Gasteiger partial charge in [0, 0.05) is 38.2 Å². The van der Waals surface area contributed by atoms with Gasteiger partial charge in [-0.3, -0.25) is 43.8 Å². The lowest BCUT2D eigenvalue weighted by Crippen LogP contribution is -2.55. The molecule has 7 rings (SSSR count). The van der Waals surface area contributed by atoms with Crippen molar-refractivity contribution in [3.05, 3.63) is 59.3 Å². The molecule has 0 spiro atoms. The maximum atomic E-state index is 13.2. The molecule has 1 saturated heterocycles. The van der Waals surface area contributed by atoms with Crippen LogP contribution in [0.3, 0.4) is 0 Å². The van der Waals surface area contributed by atoms with Crippen molar-refractivity contribution in [1.82, 2.24) is 30.8 Å². The second kappa shape index (κ2) is 18.8. The number of amides is 7. The minimum atomic E-state index is -1.10. The number of anilines is 4. The Kier molecular flexibility index (Phi) is 13.1. The third-order valence-electron chi connectivity index (χ3n) is 11.6. The van der Waals surface area contributed by atoms with E-state index in [4.69, 9.17) is 14.5 Å². The van der Waals surface area contributed by atoms with E-state index in [9.17, 15) is 33.6 Å². The summed E-state index contributed by atoms with van der Waals surface area (Å²) in [6.07, 6.45) is 9.72. The molecule has 1 aliphatic carbocycles. The molecule has 4 heterocycles. The molecule has 7 amide bonds. The summed E-state index contributed by atoms with van der Waals surface area (Å²) in [7, 11) is 3.29. The van der Waals surface area contributed by atoms with Crippen LogP contribution in [0, 0.1) is 0 Å². The molecule has 2 aromatic carbocycles. The quantitative estimate of drug-likeness (QED) is 0.113. The first-order valence-corrected chi connectivity index (χ1v) is 20.9. The van der Waals surface area contributed by atoms with E-state index in [1.165, 1.54) is 25.3 Å². The van der Waals surface area contributed by atoms with Gasteiger partial charge in [-0.25, -0.2) is 4.98 Å². The maximum absolute atomic E-state index is 13.2. The molecule has 322 valence electrons. The van der Waals surface area contributed by atoms with Gasteiger partial charge in [0.1, 0.15) is 29.3 Å². The molecule has 1 saturated carbocycles. The van der Waals surface area contributed by atoms with Crippen molar-refractivity contribution in [3.63, 3.8) is 0 Å². The van der Waals surface area contributed by atoms with E-state index in [1.807, 2.05) is 6.92 Å². The summed E-state index contributed by atoms with van der Waals surface area (Å²) in [5.74, 6) is -1.55. The molecule has 2 atom stereocenters. The van der Waals surface area contributed by atoms with Crippen LogP contribution in [0.25, 0.3) is 0 Å². The first-order chi connectivity index (χ1) is 29.5. The molecular weight excluding hydrogens is 787 g/mol. The molecule has 2 fully saturated rings. The lowest BCUT2D eigenvalue weighted by Gasteiger charge is -2.43. The van der Waals surface area contributed by atoms with E-state index in [1.54, 1.807) is 36.3 Å². The van der Waals surface area contributed by atoms with Crippen LogP contribution in [0.4, 0.5) is 23.1 Å². The van der Waals surface area contributed by atoms with Crippen LogP contribution in [0.15, 0.2) is 42.6 Å². The Balaban J connectivity index is 0.828. The smallest absolute Gasteiger partial charge is 0.266 e. The summed E-state index contributed by atoms with van der Waals surface area (Å²) < 4.78 is 11.3. The molecular formula is C43H51N9O9. The molecule has 1 aromatic heterocycles. The maximum Gasteiger partial charge on any atom is 0.266 e. The fourth-order valence-corrected chi connectivity index (χ4v) is 8.43. The first-order valence-electron chi connectivity index (χ1n) is 20.9. The minimum absolute atomic E-state index is 0.00724. The number of hydrogen-bond acceptors (Lipinski definition) is 13. The molecule has 61 heavy (non-hydrogen) atoms. The van der Waals surface area contributed by atoms with Gasteiger partial charge in [-0.15, -0.1) is 0 Å². The van der Waals surface area contributed by atoms with Crippen molar-refractivity contribution in [2.24, 2.45) is 0 Å². The Hall–Kier alpha value is -6.59. The summed E-state index contributed by atoms with van der Waals surface area (Å²) in [5, 5.41) is 11.1. The highest BCUT2D eigenvalue weighted by atomic mass is 16.5. The average Bonchev–Trinajstić information content (AvgIpc) is 3.88. The lowest BCUT2D eigenvalue weighted by molar-refractivity contribution is -0.136. The van der Waals surface area contributed by atoms with Crippen molar-refractivity contribution in [1.29, 1.82) is 0 Å². The number of unbranched alkanes of at least 4 members (excludes halogenated alkanes) is 3. The highest BCUT2D eigenvalue weighted by Gasteiger charge is 2.46. The average molecular weight is 838 g/mol. The predicted octanol–water partition coefficient (Wildman–Crippen LogP) is 3.62. The number of aromatic nitrogens is 2. The Morgan fingerprint density at radius 1 is 0.918 bits per heavy atom. The second-order valence-corrected chi connectivity index (χ2v) is 15.5. The van der Waals surface area contributed by atoms with Crippen molar-refractivity contribution in [3.8, 4) is 11.5 Å².